The molecule has 0 spiro atoms. The highest BCUT2D eigenvalue weighted by Crippen LogP contribution is 2.19. The molecule has 5 heteroatoms. The molecule has 0 atom stereocenters. The summed E-state index contributed by atoms with van der Waals surface area (Å²) in [5, 5.41) is 2.96. The average molecular weight is 361 g/mol. The van der Waals surface area contributed by atoms with Gasteiger partial charge in [0.2, 0.25) is 5.91 Å². The summed E-state index contributed by atoms with van der Waals surface area (Å²) in [6.45, 7) is 2.53. The minimum Gasteiger partial charge on any atom is -0.353 e. The summed E-state index contributed by atoms with van der Waals surface area (Å²) < 4.78 is 1.77. The summed E-state index contributed by atoms with van der Waals surface area (Å²) in [6.07, 6.45) is 2.77. The maximum absolute atomic E-state index is 13.1. The fourth-order valence-electron chi connectivity index (χ4n) is 3.20. The van der Waals surface area contributed by atoms with E-state index >= 15 is 0 Å². The second-order valence-electron chi connectivity index (χ2n) is 7.27. The lowest BCUT2D eigenvalue weighted by Gasteiger charge is -2.13. The molecule has 1 saturated carbocycles. The van der Waals surface area contributed by atoms with E-state index in [1.807, 2.05) is 55.5 Å². The third-order valence-corrected chi connectivity index (χ3v) is 4.91. The van der Waals surface area contributed by atoms with Crippen molar-refractivity contribution >= 4 is 16.9 Å². The number of carbonyl (C=O) groups excluding carboxylic acids is 1. The van der Waals surface area contributed by atoms with Gasteiger partial charge in [-0.1, -0.05) is 42.0 Å². The van der Waals surface area contributed by atoms with E-state index in [0.29, 0.717) is 31.1 Å². The highest BCUT2D eigenvalue weighted by Gasteiger charge is 2.23. The number of nitrogens with zero attached hydrogens (tertiary/aromatic N) is 2. The van der Waals surface area contributed by atoms with Crippen molar-refractivity contribution in [2.75, 3.05) is 0 Å². The Labute approximate surface area is 158 Å². The Morgan fingerprint density at radius 1 is 1.15 bits per heavy atom. The fraction of sp³-hybridized carbons (Fsp3) is 0.318. The summed E-state index contributed by atoms with van der Waals surface area (Å²) in [5.41, 5.74) is 4.18. The minimum atomic E-state index is -0.117. The molecule has 138 valence electrons. The van der Waals surface area contributed by atoms with Crippen LogP contribution in [-0.2, 0) is 17.8 Å². The molecule has 1 aliphatic carbocycles. The Morgan fingerprint density at radius 3 is 2.63 bits per heavy atom. The molecule has 1 heterocycles. The van der Waals surface area contributed by atoms with Gasteiger partial charge in [-0.3, -0.25) is 9.59 Å². The molecule has 3 aromatic rings. The fourth-order valence-corrected chi connectivity index (χ4v) is 3.20. The van der Waals surface area contributed by atoms with Gasteiger partial charge in [0.1, 0.15) is 5.69 Å². The number of nitrogens with one attached hydrogen (secondary N) is 1. The van der Waals surface area contributed by atoms with E-state index in [1.54, 1.807) is 4.57 Å². The largest absolute Gasteiger partial charge is 0.353 e. The van der Waals surface area contributed by atoms with E-state index in [0.717, 1.165) is 29.4 Å². The van der Waals surface area contributed by atoms with Crippen LogP contribution in [-0.4, -0.2) is 21.5 Å². The number of amides is 1. The van der Waals surface area contributed by atoms with Gasteiger partial charge in [0.25, 0.3) is 5.56 Å². The summed E-state index contributed by atoms with van der Waals surface area (Å²) in [6, 6.07) is 16.2. The number of hydrogen-bond acceptors (Lipinski definition) is 3. The summed E-state index contributed by atoms with van der Waals surface area (Å²) in [5.74, 6) is -0.00283. The molecule has 1 fully saturated rings. The topological polar surface area (TPSA) is 64.0 Å². The summed E-state index contributed by atoms with van der Waals surface area (Å²) in [4.78, 5) is 29.6. The normalized spacial score (nSPS) is 13.7. The molecule has 0 radical (unpaired) electrons. The molecule has 0 bridgehead atoms. The smallest absolute Gasteiger partial charge is 0.273 e. The lowest BCUT2D eigenvalue weighted by molar-refractivity contribution is -0.121. The monoisotopic (exact) mass is 361 g/mol. The molecule has 1 amide bonds. The van der Waals surface area contributed by atoms with Gasteiger partial charge in [0.05, 0.1) is 17.6 Å². The molecule has 27 heavy (non-hydrogen) atoms. The number of aromatic nitrogens is 2. The van der Waals surface area contributed by atoms with Crippen LogP contribution in [0.1, 0.15) is 36.1 Å². The highest BCUT2D eigenvalue weighted by molar-refractivity contribution is 5.77. The molecule has 0 unspecified atom stereocenters. The van der Waals surface area contributed by atoms with Crippen LogP contribution in [0.3, 0.4) is 0 Å². The second kappa shape index (κ2) is 7.35. The van der Waals surface area contributed by atoms with Crippen LogP contribution < -0.4 is 10.9 Å². The predicted octanol–water partition coefficient (Wildman–Crippen LogP) is 2.96. The number of hydrogen-bond donors (Lipinski definition) is 1. The van der Waals surface area contributed by atoms with Gasteiger partial charge in [0.15, 0.2) is 0 Å². The van der Waals surface area contributed by atoms with Gasteiger partial charge in [-0.15, -0.1) is 0 Å². The molecule has 1 aliphatic rings. The van der Waals surface area contributed by atoms with Crippen LogP contribution in [0.25, 0.3) is 11.0 Å². The molecule has 4 rings (SSSR count). The van der Waals surface area contributed by atoms with E-state index in [2.05, 4.69) is 10.3 Å². The van der Waals surface area contributed by atoms with E-state index in [9.17, 15) is 9.59 Å². The first kappa shape index (κ1) is 17.5. The number of para-hydroxylation sites is 2. The van der Waals surface area contributed by atoms with Crippen LogP contribution in [0.4, 0.5) is 0 Å². The van der Waals surface area contributed by atoms with Gasteiger partial charge < -0.3 is 9.88 Å². The Bertz CT molecular complexity index is 1030. The maximum Gasteiger partial charge on any atom is 0.273 e. The number of rotatable bonds is 6. The number of aryl methyl sites for hydroxylation is 2. The number of carbonyl (C=O) groups is 1. The Kier molecular flexibility index (Phi) is 4.75. The maximum atomic E-state index is 13.1. The Hall–Kier alpha value is -2.95. The zero-order valence-electron chi connectivity index (χ0n) is 15.4. The molecule has 0 aliphatic heterocycles. The average Bonchev–Trinajstić information content (AvgIpc) is 3.48. The van der Waals surface area contributed by atoms with E-state index < -0.39 is 0 Å². The number of benzene rings is 2. The van der Waals surface area contributed by atoms with Crippen molar-refractivity contribution in [3.8, 4) is 0 Å². The Morgan fingerprint density at radius 2 is 1.89 bits per heavy atom. The molecule has 1 aromatic heterocycles. The first-order chi connectivity index (χ1) is 13.1. The van der Waals surface area contributed by atoms with Crippen molar-refractivity contribution in [1.82, 2.24) is 14.9 Å². The quantitative estimate of drug-likeness (QED) is 0.734. The van der Waals surface area contributed by atoms with Gasteiger partial charge in [-0.05, 0) is 37.5 Å². The molecule has 2 aromatic carbocycles. The van der Waals surface area contributed by atoms with Gasteiger partial charge >= 0.3 is 0 Å². The third kappa shape index (κ3) is 4.08. The van der Waals surface area contributed by atoms with Crippen LogP contribution in [0.5, 0.6) is 0 Å². The third-order valence-electron chi connectivity index (χ3n) is 4.91. The van der Waals surface area contributed by atoms with Crippen LogP contribution in [0.2, 0.25) is 0 Å². The molecule has 0 saturated heterocycles. The SMILES string of the molecule is Cc1ccc(Cn2c(=O)c(CCC(=O)NC3CC3)nc3ccccc32)cc1. The zero-order chi connectivity index (χ0) is 18.8. The van der Waals surface area contributed by atoms with Crippen LogP contribution >= 0.6 is 0 Å². The van der Waals surface area contributed by atoms with Gasteiger partial charge in [0, 0.05) is 18.9 Å². The molecule has 5 nitrogen and oxygen atoms in total. The number of fused-ring (bicyclic) bond motifs is 1. The van der Waals surface area contributed by atoms with Crippen LogP contribution in [0.15, 0.2) is 53.3 Å². The highest BCUT2D eigenvalue weighted by atomic mass is 16.1. The lowest BCUT2D eigenvalue weighted by atomic mass is 10.1. The van der Waals surface area contributed by atoms with E-state index in [1.165, 1.54) is 5.56 Å². The van der Waals surface area contributed by atoms with Crippen molar-refractivity contribution in [3.05, 3.63) is 75.7 Å². The van der Waals surface area contributed by atoms with Crippen LogP contribution in [0, 0.1) is 6.92 Å². The van der Waals surface area contributed by atoms with Crippen molar-refractivity contribution in [1.29, 1.82) is 0 Å². The van der Waals surface area contributed by atoms with Crippen molar-refractivity contribution < 1.29 is 4.79 Å². The molecule has 1 N–H and O–H groups in total. The first-order valence-corrected chi connectivity index (χ1v) is 9.43. The summed E-state index contributed by atoms with van der Waals surface area (Å²) >= 11 is 0. The summed E-state index contributed by atoms with van der Waals surface area (Å²) in [7, 11) is 0. The van der Waals surface area contributed by atoms with Crippen molar-refractivity contribution in [2.45, 2.75) is 45.2 Å². The van der Waals surface area contributed by atoms with Crippen molar-refractivity contribution in [3.63, 3.8) is 0 Å². The standard InChI is InChI=1S/C22H23N3O2/c1-15-6-8-16(9-7-15)14-25-20-5-3-2-4-18(20)24-19(22(25)27)12-13-21(26)23-17-10-11-17/h2-9,17H,10-14H2,1H3,(H,23,26). The molecular weight excluding hydrogens is 338 g/mol. The zero-order valence-corrected chi connectivity index (χ0v) is 15.4. The van der Waals surface area contributed by atoms with E-state index in [-0.39, 0.29) is 11.5 Å². The minimum absolute atomic E-state index is 0.00283. The van der Waals surface area contributed by atoms with Crippen molar-refractivity contribution in [2.24, 2.45) is 0 Å². The first-order valence-electron chi connectivity index (χ1n) is 9.43. The van der Waals surface area contributed by atoms with Gasteiger partial charge in [-0.25, -0.2) is 4.98 Å². The molecular formula is C22H23N3O2. The predicted molar refractivity (Wildman–Crippen MR) is 106 cm³/mol. The second-order valence-corrected chi connectivity index (χ2v) is 7.27. The Balaban J connectivity index is 1.65. The van der Waals surface area contributed by atoms with Gasteiger partial charge in [-0.2, -0.15) is 0 Å². The lowest BCUT2D eigenvalue weighted by Crippen LogP contribution is -2.29. The van der Waals surface area contributed by atoms with E-state index in [4.69, 9.17) is 0 Å².